The van der Waals surface area contributed by atoms with Crippen molar-refractivity contribution < 1.29 is 0 Å². The number of rotatable bonds is 2. The molecule has 21 heavy (non-hydrogen) atoms. The van der Waals surface area contributed by atoms with E-state index in [1.54, 1.807) is 0 Å². The van der Waals surface area contributed by atoms with E-state index in [2.05, 4.69) is 60.3 Å². The minimum atomic E-state index is -0.330. The number of benzene rings is 1. The van der Waals surface area contributed by atoms with Gasteiger partial charge in [0.2, 0.25) is 0 Å². The summed E-state index contributed by atoms with van der Waals surface area (Å²) in [7, 11) is 0.360. The third kappa shape index (κ3) is 4.21. The van der Waals surface area contributed by atoms with Crippen LogP contribution in [0, 0.1) is 0 Å². The molecule has 0 aliphatic heterocycles. The van der Waals surface area contributed by atoms with Gasteiger partial charge in [-0.1, -0.05) is 70.2 Å². The molecule has 2 nitrogen and oxygen atoms in total. The molecule has 1 unspecified atom stereocenters. The highest BCUT2D eigenvalue weighted by atomic mass is 31.1. The van der Waals surface area contributed by atoms with Gasteiger partial charge in [0.05, 0.1) is 21.9 Å². The molecule has 0 amide bonds. The zero-order valence-corrected chi connectivity index (χ0v) is 16.0. The largest absolute Gasteiger partial charge is 0.244 e. The predicted molar refractivity (Wildman–Crippen MR) is 99.5 cm³/mol. The Bertz CT molecular complexity index is 639. The van der Waals surface area contributed by atoms with Crippen molar-refractivity contribution in [3.8, 4) is 0 Å². The van der Waals surface area contributed by atoms with Gasteiger partial charge in [0.25, 0.3) is 0 Å². The normalized spacial score (nSPS) is 15.0. The minimum Gasteiger partial charge on any atom is -0.244 e. The van der Waals surface area contributed by atoms with Gasteiger partial charge in [-0.2, -0.15) is 0 Å². The van der Waals surface area contributed by atoms with Crippen LogP contribution in [0.4, 0.5) is 0 Å². The minimum absolute atomic E-state index is 0.250. The molecule has 2 aromatic rings. The lowest BCUT2D eigenvalue weighted by Gasteiger charge is -2.30. The molecule has 4 heteroatoms. The van der Waals surface area contributed by atoms with Crippen LogP contribution in [0.5, 0.6) is 0 Å². The second-order valence-corrected chi connectivity index (χ2v) is 12.6. The molecule has 0 spiro atoms. The highest BCUT2D eigenvalue weighted by Gasteiger charge is 2.27. The smallest absolute Gasteiger partial charge is 0.0897 e. The second-order valence-electron chi connectivity index (χ2n) is 7.49. The van der Waals surface area contributed by atoms with E-state index in [0.717, 1.165) is 11.0 Å². The molecule has 0 radical (unpaired) electrons. The third-order valence-corrected chi connectivity index (χ3v) is 7.87. The Hall–Kier alpha value is -0.580. The van der Waals surface area contributed by atoms with Crippen molar-refractivity contribution in [2.24, 2.45) is 0 Å². The molecule has 1 heterocycles. The highest BCUT2D eigenvalue weighted by Crippen LogP contribution is 2.45. The molecular formula is C17H26N2P2. The Morgan fingerprint density at radius 1 is 0.905 bits per heavy atom. The Morgan fingerprint density at radius 2 is 1.43 bits per heavy atom. The van der Waals surface area contributed by atoms with Crippen LogP contribution in [0.2, 0.25) is 0 Å². The molecule has 114 valence electrons. The molecule has 2 rings (SSSR count). The Morgan fingerprint density at radius 3 is 1.90 bits per heavy atom. The Balaban J connectivity index is 2.61. The van der Waals surface area contributed by atoms with E-state index in [-0.39, 0.29) is 18.2 Å². The fourth-order valence-corrected chi connectivity index (χ4v) is 4.97. The maximum atomic E-state index is 5.00. The fourth-order valence-electron chi connectivity index (χ4n) is 1.98. The van der Waals surface area contributed by atoms with Crippen LogP contribution in [0.1, 0.15) is 41.5 Å². The first-order valence-electron chi connectivity index (χ1n) is 7.37. The van der Waals surface area contributed by atoms with Crippen LogP contribution in [0.3, 0.4) is 0 Å². The molecule has 1 aromatic carbocycles. The molecule has 1 aromatic heterocycles. The van der Waals surface area contributed by atoms with Crippen molar-refractivity contribution in [2.45, 2.75) is 51.9 Å². The molecule has 0 aliphatic rings. The lowest BCUT2D eigenvalue weighted by molar-refractivity contribution is 0.789. The maximum Gasteiger partial charge on any atom is 0.0897 e. The van der Waals surface area contributed by atoms with Crippen LogP contribution >= 0.6 is 16.5 Å². The van der Waals surface area contributed by atoms with Crippen LogP contribution in [0.15, 0.2) is 24.3 Å². The SMILES string of the molecule is C[P@@](c1nc2ccccc2nc1PC(C)(C)C)C(C)(C)C. The van der Waals surface area contributed by atoms with Crippen LogP contribution in [-0.4, -0.2) is 26.9 Å². The van der Waals surface area contributed by atoms with Gasteiger partial charge in [0.15, 0.2) is 0 Å². The van der Waals surface area contributed by atoms with Gasteiger partial charge in [-0.15, -0.1) is 0 Å². The molecule has 0 saturated carbocycles. The zero-order valence-electron chi connectivity index (χ0n) is 14.2. The van der Waals surface area contributed by atoms with Gasteiger partial charge in [-0.05, 0) is 29.1 Å². The van der Waals surface area contributed by atoms with Crippen molar-refractivity contribution in [1.29, 1.82) is 0 Å². The zero-order chi connectivity index (χ0) is 15.8. The second kappa shape index (κ2) is 5.90. The van der Waals surface area contributed by atoms with Gasteiger partial charge in [-0.3, -0.25) is 0 Å². The van der Waals surface area contributed by atoms with E-state index in [1.807, 2.05) is 12.1 Å². The first-order chi connectivity index (χ1) is 9.58. The van der Waals surface area contributed by atoms with E-state index >= 15 is 0 Å². The van der Waals surface area contributed by atoms with E-state index < -0.39 is 0 Å². The Kier molecular flexibility index (Phi) is 4.72. The Labute approximate surface area is 131 Å². The van der Waals surface area contributed by atoms with Crippen molar-refractivity contribution in [3.63, 3.8) is 0 Å². The van der Waals surface area contributed by atoms with E-state index in [1.165, 1.54) is 10.9 Å². The summed E-state index contributed by atoms with van der Waals surface area (Å²) in [4.78, 5) is 9.96. The molecular weight excluding hydrogens is 294 g/mol. The first-order valence-corrected chi connectivity index (χ1v) is 10.2. The van der Waals surface area contributed by atoms with Gasteiger partial charge in [0, 0.05) is 0 Å². The van der Waals surface area contributed by atoms with Gasteiger partial charge in [-0.25, -0.2) is 9.97 Å². The van der Waals surface area contributed by atoms with Gasteiger partial charge in [0.1, 0.15) is 0 Å². The summed E-state index contributed by atoms with van der Waals surface area (Å²) in [6.07, 6.45) is 0. The lowest BCUT2D eigenvalue weighted by Crippen LogP contribution is -2.33. The number of para-hydroxylation sites is 2. The first kappa shape index (κ1) is 16.8. The summed E-state index contributed by atoms with van der Waals surface area (Å²) in [5, 5.41) is 0.504. The van der Waals surface area contributed by atoms with Crippen LogP contribution in [0.25, 0.3) is 11.0 Å². The summed E-state index contributed by atoms with van der Waals surface area (Å²) in [5.41, 5.74) is 4.49. The average Bonchev–Trinajstić information content (AvgIpc) is 2.34. The molecule has 0 saturated heterocycles. The number of hydrogen-bond donors (Lipinski definition) is 0. The fraction of sp³-hybridized carbons (Fsp3) is 0.529. The van der Waals surface area contributed by atoms with Crippen molar-refractivity contribution >= 4 is 38.4 Å². The molecule has 0 N–H and O–H groups in total. The van der Waals surface area contributed by atoms with Gasteiger partial charge < -0.3 is 0 Å². The average molecular weight is 320 g/mol. The summed E-state index contributed by atoms with van der Waals surface area (Å²) in [6.45, 7) is 16.1. The molecule has 0 aliphatic carbocycles. The van der Waals surface area contributed by atoms with Crippen LogP contribution in [-0.2, 0) is 0 Å². The highest BCUT2D eigenvalue weighted by molar-refractivity contribution is 7.68. The monoisotopic (exact) mass is 320 g/mol. The molecule has 0 bridgehead atoms. The van der Waals surface area contributed by atoms with Crippen molar-refractivity contribution in [1.82, 2.24) is 9.97 Å². The number of fused-ring (bicyclic) bond motifs is 1. The predicted octanol–water partition coefficient (Wildman–Crippen LogP) is 4.27. The lowest BCUT2D eigenvalue weighted by atomic mass is 10.3. The quantitative estimate of drug-likeness (QED) is 0.772. The third-order valence-electron chi connectivity index (χ3n) is 3.37. The summed E-state index contributed by atoms with van der Waals surface area (Å²) < 4.78 is 0. The van der Waals surface area contributed by atoms with E-state index in [9.17, 15) is 0 Å². The summed E-state index contributed by atoms with van der Waals surface area (Å²) in [5.74, 6) is 0. The number of hydrogen-bond acceptors (Lipinski definition) is 2. The summed E-state index contributed by atoms with van der Waals surface area (Å²) >= 11 is 0. The number of aromatic nitrogens is 2. The maximum absolute atomic E-state index is 5.00. The van der Waals surface area contributed by atoms with Gasteiger partial charge >= 0.3 is 0 Å². The van der Waals surface area contributed by atoms with Crippen molar-refractivity contribution in [2.75, 3.05) is 6.66 Å². The summed E-state index contributed by atoms with van der Waals surface area (Å²) in [6, 6.07) is 8.22. The van der Waals surface area contributed by atoms with Crippen molar-refractivity contribution in [3.05, 3.63) is 24.3 Å². The topological polar surface area (TPSA) is 25.8 Å². The molecule has 2 atom stereocenters. The molecule has 0 fully saturated rings. The van der Waals surface area contributed by atoms with E-state index in [4.69, 9.17) is 9.97 Å². The standard InChI is InChI=1S/C17H26N2P2/c1-16(2,3)20-14-15(21(7)17(4,5)6)19-13-11-9-8-10-12(13)18-14/h8-11,20H,1-7H3/t21-/m0/s1. The van der Waals surface area contributed by atoms with E-state index in [0.29, 0.717) is 8.58 Å². The number of nitrogens with zero attached hydrogens (tertiary/aromatic N) is 2. The van der Waals surface area contributed by atoms with Crippen LogP contribution < -0.4 is 10.9 Å².